The van der Waals surface area contributed by atoms with Crippen molar-refractivity contribution in [2.45, 2.75) is 65.7 Å². The summed E-state index contributed by atoms with van der Waals surface area (Å²) in [6.45, 7) is 7.88. The maximum atomic E-state index is 12.5. The third kappa shape index (κ3) is 5.91. The molecule has 0 aliphatic rings. The van der Waals surface area contributed by atoms with Crippen LogP contribution in [0, 0.1) is 0 Å². The van der Waals surface area contributed by atoms with Gasteiger partial charge in [0, 0.05) is 18.7 Å². The number of unbranched alkanes of at least 4 members (excludes halogenated alkanes) is 5. The van der Waals surface area contributed by atoms with Crippen LogP contribution in [0.5, 0.6) is 0 Å². The molecule has 0 spiro atoms. The number of amides is 1. The summed E-state index contributed by atoms with van der Waals surface area (Å²) < 4.78 is 0. The van der Waals surface area contributed by atoms with Crippen LogP contribution in [-0.4, -0.2) is 23.9 Å². The van der Waals surface area contributed by atoms with E-state index in [9.17, 15) is 4.79 Å². The molecule has 0 aliphatic heterocycles. The molecule has 0 radical (unpaired) electrons. The van der Waals surface area contributed by atoms with Crippen molar-refractivity contribution < 1.29 is 4.79 Å². The molecule has 0 atom stereocenters. The Morgan fingerprint density at radius 2 is 1.52 bits per heavy atom. The SMILES string of the molecule is CCCCCCCCc1ccccc1C(=O)N(CC)CC. The zero-order valence-electron chi connectivity index (χ0n) is 14.0. The highest BCUT2D eigenvalue weighted by atomic mass is 16.2. The summed E-state index contributed by atoms with van der Waals surface area (Å²) in [4.78, 5) is 14.4. The van der Waals surface area contributed by atoms with Gasteiger partial charge in [0.05, 0.1) is 0 Å². The Morgan fingerprint density at radius 3 is 2.19 bits per heavy atom. The maximum absolute atomic E-state index is 12.5. The van der Waals surface area contributed by atoms with Crippen molar-refractivity contribution in [3.63, 3.8) is 0 Å². The number of hydrogen-bond acceptors (Lipinski definition) is 1. The Labute approximate surface area is 130 Å². The second-order valence-corrected chi connectivity index (χ2v) is 5.65. The van der Waals surface area contributed by atoms with E-state index in [1.807, 2.05) is 36.9 Å². The summed E-state index contributed by atoms with van der Waals surface area (Å²) in [6.07, 6.45) is 8.78. The van der Waals surface area contributed by atoms with Crippen molar-refractivity contribution in [2.24, 2.45) is 0 Å². The van der Waals surface area contributed by atoms with E-state index in [1.165, 1.54) is 44.1 Å². The molecule has 118 valence electrons. The summed E-state index contributed by atoms with van der Waals surface area (Å²) in [5.74, 6) is 0.182. The molecular formula is C19H31NO. The number of nitrogens with zero attached hydrogens (tertiary/aromatic N) is 1. The second-order valence-electron chi connectivity index (χ2n) is 5.65. The lowest BCUT2D eigenvalue weighted by Gasteiger charge is -2.20. The molecule has 1 aromatic carbocycles. The van der Waals surface area contributed by atoms with E-state index >= 15 is 0 Å². The van der Waals surface area contributed by atoms with E-state index in [4.69, 9.17) is 0 Å². The number of carbonyl (C=O) groups excluding carboxylic acids is 1. The van der Waals surface area contributed by atoms with E-state index in [2.05, 4.69) is 13.0 Å². The minimum Gasteiger partial charge on any atom is -0.339 e. The van der Waals surface area contributed by atoms with Crippen LogP contribution in [0.3, 0.4) is 0 Å². The van der Waals surface area contributed by atoms with E-state index in [0.29, 0.717) is 0 Å². The molecule has 0 aromatic heterocycles. The zero-order chi connectivity index (χ0) is 15.5. The van der Waals surface area contributed by atoms with E-state index < -0.39 is 0 Å². The van der Waals surface area contributed by atoms with Gasteiger partial charge in [-0.3, -0.25) is 4.79 Å². The smallest absolute Gasteiger partial charge is 0.254 e. The molecule has 0 heterocycles. The third-order valence-corrected chi connectivity index (χ3v) is 4.10. The van der Waals surface area contributed by atoms with Gasteiger partial charge in [0.15, 0.2) is 0 Å². The van der Waals surface area contributed by atoms with Crippen molar-refractivity contribution in [2.75, 3.05) is 13.1 Å². The van der Waals surface area contributed by atoms with Crippen LogP contribution in [0.25, 0.3) is 0 Å². The first-order chi connectivity index (χ1) is 10.2. The topological polar surface area (TPSA) is 20.3 Å². The highest BCUT2D eigenvalue weighted by molar-refractivity contribution is 5.95. The molecule has 0 fully saturated rings. The van der Waals surface area contributed by atoms with E-state index in [-0.39, 0.29) is 5.91 Å². The van der Waals surface area contributed by atoms with Gasteiger partial charge in [-0.1, -0.05) is 57.2 Å². The number of rotatable bonds is 10. The molecule has 0 aliphatic carbocycles. The molecule has 1 rings (SSSR count). The molecule has 0 saturated heterocycles. The second kappa shape index (κ2) is 10.4. The van der Waals surface area contributed by atoms with Gasteiger partial charge in [-0.15, -0.1) is 0 Å². The van der Waals surface area contributed by atoms with Crippen molar-refractivity contribution >= 4 is 5.91 Å². The van der Waals surface area contributed by atoms with Crippen molar-refractivity contribution in [3.8, 4) is 0 Å². The van der Waals surface area contributed by atoms with Crippen molar-refractivity contribution in [1.29, 1.82) is 0 Å². The first-order valence-corrected chi connectivity index (χ1v) is 8.61. The minimum absolute atomic E-state index is 0.182. The Kier molecular flexibility index (Phi) is 8.80. The largest absolute Gasteiger partial charge is 0.339 e. The fraction of sp³-hybridized carbons (Fsp3) is 0.632. The molecule has 2 heteroatoms. The molecule has 0 saturated carbocycles. The van der Waals surface area contributed by atoms with Crippen LogP contribution in [0.15, 0.2) is 24.3 Å². The summed E-state index contributed by atoms with van der Waals surface area (Å²) in [5.41, 5.74) is 2.11. The van der Waals surface area contributed by atoms with Gasteiger partial charge in [-0.05, 0) is 38.3 Å². The number of carbonyl (C=O) groups is 1. The van der Waals surface area contributed by atoms with Gasteiger partial charge < -0.3 is 4.90 Å². The normalized spacial score (nSPS) is 10.6. The Bertz CT molecular complexity index is 410. The summed E-state index contributed by atoms with van der Waals surface area (Å²) in [6, 6.07) is 8.11. The van der Waals surface area contributed by atoms with E-state index in [0.717, 1.165) is 25.1 Å². The highest BCUT2D eigenvalue weighted by Gasteiger charge is 2.15. The van der Waals surface area contributed by atoms with Gasteiger partial charge in [0.2, 0.25) is 0 Å². The summed E-state index contributed by atoms with van der Waals surface area (Å²) >= 11 is 0. The van der Waals surface area contributed by atoms with Crippen LogP contribution in [-0.2, 0) is 6.42 Å². The monoisotopic (exact) mass is 289 g/mol. The fourth-order valence-corrected chi connectivity index (χ4v) is 2.72. The van der Waals surface area contributed by atoms with Crippen LogP contribution >= 0.6 is 0 Å². The Morgan fingerprint density at radius 1 is 0.905 bits per heavy atom. The van der Waals surface area contributed by atoms with Gasteiger partial charge in [0.1, 0.15) is 0 Å². The van der Waals surface area contributed by atoms with E-state index in [1.54, 1.807) is 0 Å². The number of benzene rings is 1. The highest BCUT2D eigenvalue weighted by Crippen LogP contribution is 2.16. The van der Waals surface area contributed by atoms with Crippen LogP contribution in [0.4, 0.5) is 0 Å². The average Bonchev–Trinajstić information content (AvgIpc) is 2.52. The number of hydrogen-bond donors (Lipinski definition) is 0. The predicted octanol–water partition coefficient (Wildman–Crippen LogP) is 5.07. The summed E-state index contributed by atoms with van der Waals surface area (Å²) in [7, 11) is 0. The standard InChI is InChI=1S/C19H31NO/c1-4-7-8-9-10-11-14-17-15-12-13-16-18(17)19(21)20(5-2)6-3/h12-13,15-16H,4-11,14H2,1-3H3. The lowest BCUT2D eigenvalue weighted by molar-refractivity contribution is 0.0772. The maximum Gasteiger partial charge on any atom is 0.254 e. The Balaban J connectivity index is 2.56. The molecule has 1 aromatic rings. The molecule has 0 bridgehead atoms. The molecular weight excluding hydrogens is 258 g/mol. The molecule has 0 N–H and O–H groups in total. The first kappa shape index (κ1) is 17.7. The number of aryl methyl sites for hydroxylation is 1. The van der Waals surface area contributed by atoms with Crippen LogP contribution in [0.1, 0.15) is 75.2 Å². The Hall–Kier alpha value is -1.31. The fourth-order valence-electron chi connectivity index (χ4n) is 2.72. The molecule has 1 amide bonds. The van der Waals surface area contributed by atoms with Crippen molar-refractivity contribution in [3.05, 3.63) is 35.4 Å². The zero-order valence-corrected chi connectivity index (χ0v) is 14.0. The summed E-state index contributed by atoms with van der Waals surface area (Å²) in [5, 5.41) is 0. The van der Waals surface area contributed by atoms with Gasteiger partial charge in [-0.25, -0.2) is 0 Å². The lowest BCUT2D eigenvalue weighted by atomic mass is 9.99. The first-order valence-electron chi connectivity index (χ1n) is 8.61. The van der Waals surface area contributed by atoms with Crippen LogP contribution in [0.2, 0.25) is 0 Å². The van der Waals surface area contributed by atoms with Gasteiger partial charge in [0.25, 0.3) is 5.91 Å². The average molecular weight is 289 g/mol. The van der Waals surface area contributed by atoms with Crippen molar-refractivity contribution in [1.82, 2.24) is 4.90 Å². The van der Waals surface area contributed by atoms with Gasteiger partial charge >= 0.3 is 0 Å². The molecule has 21 heavy (non-hydrogen) atoms. The van der Waals surface area contributed by atoms with Crippen LogP contribution < -0.4 is 0 Å². The third-order valence-electron chi connectivity index (χ3n) is 4.10. The molecule has 0 unspecified atom stereocenters. The quantitative estimate of drug-likeness (QED) is 0.551. The molecule has 2 nitrogen and oxygen atoms in total. The minimum atomic E-state index is 0.182. The van der Waals surface area contributed by atoms with Gasteiger partial charge in [-0.2, -0.15) is 0 Å². The lowest BCUT2D eigenvalue weighted by Crippen LogP contribution is -2.31. The predicted molar refractivity (Wildman–Crippen MR) is 90.8 cm³/mol.